The first-order chi connectivity index (χ1) is 13.8. The molecular weight excluding hydrogens is 394 g/mol. The van der Waals surface area contributed by atoms with Crippen LogP contribution in [0.5, 0.6) is 0 Å². The number of anilines is 2. The molecule has 1 fully saturated rings. The smallest absolute Gasteiger partial charge is 0.241 e. The van der Waals surface area contributed by atoms with Crippen LogP contribution in [0.2, 0.25) is 0 Å². The predicted octanol–water partition coefficient (Wildman–Crippen LogP) is 4.77. The number of aryl methyl sites for hydroxylation is 1. The van der Waals surface area contributed by atoms with E-state index in [2.05, 4.69) is 86.0 Å². The van der Waals surface area contributed by atoms with Gasteiger partial charge in [-0.15, -0.1) is 12.4 Å². The van der Waals surface area contributed by atoms with Gasteiger partial charge in [0.15, 0.2) is 0 Å². The highest BCUT2D eigenvalue weighted by atomic mass is 35.5. The third-order valence-corrected chi connectivity index (χ3v) is 6.07. The number of para-hydroxylation sites is 1. The van der Waals surface area contributed by atoms with Crippen LogP contribution in [0.15, 0.2) is 54.6 Å². The number of carbonyl (C=O) groups excluding carboxylic acids is 1. The number of hydrogen-bond acceptors (Lipinski definition) is 3. The van der Waals surface area contributed by atoms with Crippen LogP contribution in [0.4, 0.5) is 11.4 Å². The SMILES string of the molecule is CC1=CC(C)(C)N(C(=O)CN2CCN(c3ccccc3)CC2)c2ccc(C)cc21.Cl. The van der Waals surface area contributed by atoms with Gasteiger partial charge in [0.1, 0.15) is 0 Å². The highest BCUT2D eigenvalue weighted by Gasteiger charge is 2.36. The van der Waals surface area contributed by atoms with Gasteiger partial charge in [-0.05, 0) is 57.5 Å². The van der Waals surface area contributed by atoms with E-state index in [0.717, 1.165) is 31.9 Å². The van der Waals surface area contributed by atoms with E-state index >= 15 is 0 Å². The molecule has 2 aromatic rings. The van der Waals surface area contributed by atoms with Crippen LogP contribution in [0.1, 0.15) is 31.9 Å². The summed E-state index contributed by atoms with van der Waals surface area (Å²) in [5.41, 5.74) is 5.62. The molecule has 4 rings (SSSR count). The summed E-state index contributed by atoms with van der Waals surface area (Å²) in [5.74, 6) is 0.178. The first-order valence-electron chi connectivity index (χ1n) is 10.5. The molecule has 4 nitrogen and oxygen atoms in total. The number of hydrogen-bond donors (Lipinski definition) is 0. The molecule has 0 aromatic heterocycles. The van der Waals surface area contributed by atoms with E-state index < -0.39 is 0 Å². The molecule has 2 aliphatic rings. The van der Waals surface area contributed by atoms with E-state index in [-0.39, 0.29) is 23.9 Å². The monoisotopic (exact) mass is 425 g/mol. The molecule has 0 saturated carbocycles. The van der Waals surface area contributed by atoms with Crippen LogP contribution in [-0.2, 0) is 4.79 Å². The number of nitrogens with zero attached hydrogens (tertiary/aromatic N) is 3. The van der Waals surface area contributed by atoms with Gasteiger partial charge in [0.25, 0.3) is 0 Å². The summed E-state index contributed by atoms with van der Waals surface area (Å²) in [5, 5.41) is 0. The number of halogens is 1. The van der Waals surface area contributed by atoms with Crippen molar-refractivity contribution < 1.29 is 4.79 Å². The van der Waals surface area contributed by atoms with Crippen molar-refractivity contribution in [1.29, 1.82) is 0 Å². The number of carbonyl (C=O) groups is 1. The van der Waals surface area contributed by atoms with Crippen molar-refractivity contribution in [2.75, 3.05) is 42.5 Å². The summed E-state index contributed by atoms with van der Waals surface area (Å²) >= 11 is 0. The molecule has 0 spiro atoms. The average molecular weight is 426 g/mol. The zero-order valence-corrected chi connectivity index (χ0v) is 19.2. The fraction of sp³-hybridized carbons (Fsp3) is 0.400. The maximum Gasteiger partial charge on any atom is 0.241 e. The summed E-state index contributed by atoms with van der Waals surface area (Å²) in [6.07, 6.45) is 2.22. The molecule has 0 unspecified atom stereocenters. The molecule has 2 heterocycles. The van der Waals surface area contributed by atoms with E-state index in [1.165, 1.54) is 22.4 Å². The molecule has 2 aliphatic heterocycles. The van der Waals surface area contributed by atoms with Crippen LogP contribution in [0, 0.1) is 6.92 Å². The molecule has 0 bridgehead atoms. The summed E-state index contributed by atoms with van der Waals surface area (Å²) in [6, 6.07) is 16.9. The van der Waals surface area contributed by atoms with Gasteiger partial charge < -0.3 is 9.80 Å². The average Bonchev–Trinajstić information content (AvgIpc) is 2.69. The zero-order valence-electron chi connectivity index (χ0n) is 18.4. The number of fused-ring (bicyclic) bond motifs is 1. The van der Waals surface area contributed by atoms with Crippen molar-refractivity contribution in [1.82, 2.24) is 4.90 Å². The summed E-state index contributed by atoms with van der Waals surface area (Å²) in [7, 11) is 0. The molecule has 5 heteroatoms. The minimum absolute atomic E-state index is 0. The van der Waals surface area contributed by atoms with Gasteiger partial charge in [0.2, 0.25) is 5.91 Å². The second-order valence-electron chi connectivity index (χ2n) is 8.83. The Hall–Kier alpha value is -2.30. The van der Waals surface area contributed by atoms with E-state index in [9.17, 15) is 4.79 Å². The zero-order chi connectivity index (χ0) is 20.6. The normalized spacial score (nSPS) is 18.3. The fourth-order valence-electron chi connectivity index (χ4n) is 4.66. The van der Waals surface area contributed by atoms with E-state index in [0.29, 0.717) is 6.54 Å². The molecule has 30 heavy (non-hydrogen) atoms. The van der Waals surface area contributed by atoms with Crippen LogP contribution in [0.25, 0.3) is 5.57 Å². The summed E-state index contributed by atoms with van der Waals surface area (Å²) in [4.78, 5) is 20.1. The number of allylic oxidation sites excluding steroid dienone is 1. The van der Waals surface area contributed by atoms with Gasteiger partial charge in [-0.1, -0.05) is 35.9 Å². The second-order valence-corrected chi connectivity index (χ2v) is 8.83. The lowest BCUT2D eigenvalue weighted by atomic mass is 9.88. The Labute approximate surface area is 186 Å². The number of amides is 1. The number of piperazine rings is 1. The van der Waals surface area contributed by atoms with E-state index in [1.54, 1.807) is 0 Å². The first-order valence-corrected chi connectivity index (χ1v) is 10.5. The van der Waals surface area contributed by atoms with E-state index in [4.69, 9.17) is 0 Å². The van der Waals surface area contributed by atoms with Crippen LogP contribution in [-0.4, -0.2) is 49.1 Å². The Balaban J connectivity index is 0.00000256. The lowest BCUT2D eigenvalue weighted by Crippen LogP contribution is -2.55. The largest absolute Gasteiger partial charge is 0.369 e. The minimum Gasteiger partial charge on any atom is -0.369 e. The maximum atomic E-state index is 13.4. The van der Waals surface area contributed by atoms with Gasteiger partial charge in [-0.2, -0.15) is 0 Å². The first kappa shape index (κ1) is 22.4. The fourth-order valence-corrected chi connectivity index (χ4v) is 4.66. The third-order valence-electron chi connectivity index (χ3n) is 6.07. The highest BCUT2D eigenvalue weighted by molar-refractivity contribution is 6.01. The second kappa shape index (κ2) is 8.83. The molecule has 1 amide bonds. The van der Waals surface area contributed by atoms with Crippen LogP contribution >= 0.6 is 12.4 Å². The standard InChI is InChI=1S/C25H31N3O.ClH/c1-19-10-11-23-22(16-19)20(2)17-25(3,4)28(23)24(29)18-26-12-14-27(15-13-26)21-8-6-5-7-9-21;/h5-11,16-17H,12-15,18H2,1-4H3;1H. The maximum absolute atomic E-state index is 13.4. The Kier molecular flexibility index (Phi) is 6.59. The highest BCUT2D eigenvalue weighted by Crippen LogP contribution is 2.39. The van der Waals surface area contributed by atoms with Crippen molar-refractivity contribution in [3.63, 3.8) is 0 Å². The molecule has 0 N–H and O–H groups in total. The third kappa shape index (κ3) is 4.40. The molecule has 160 valence electrons. The molecule has 1 saturated heterocycles. The van der Waals surface area contributed by atoms with Crippen molar-refractivity contribution in [3.05, 3.63) is 65.7 Å². The molecule has 0 radical (unpaired) electrons. The van der Waals surface area contributed by atoms with Crippen molar-refractivity contribution in [2.24, 2.45) is 0 Å². The van der Waals surface area contributed by atoms with Crippen LogP contribution in [0.3, 0.4) is 0 Å². The number of benzene rings is 2. The van der Waals surface area contributed by atoms with Gasteiger partial charge >= 0.3 is 0 Å². The van der Waals surface area contributed by atoms with Crippen molar-refractivity contribution >= 4 is 35.3 Å². The Morgan fingerprint density at radius 3 is 2.30 bits per heavy atom. The topological polar surface area (TPSA) is 26.8 Å². The Morgan fingerprint density at radius 1 is 0.967 bits per heavy atom. The summed E-state index contributed by atoms with van der Waals surface area (Å²) < 4.78 is 0. The van der Waals surface area contributed by atoms with Crippen molar-refractivity contribution in [2.45, 2.75) is 33.2 Å². The van der Waals surface area contributed by atoms with Gasteiger partial charge in [-0.25, -0.2) is 0 Å². The molecule has 2 aromatic carbocycles. The van der Waals surface area contributed by atoms with Gasteiger partial charge in [0.05, 0.1) is 17.8 Å². The van der Waals surface area contributed by atoms with Gasteiger partial charge in [0, 0.05) is 37.4 Å². The molecular formula is C25H32ClN3O. The summed E-state index contributed by atoms with van der Waals surface area (Å²) in [6.45, 7) is 12.7. The molecule has 0 aliphatic carbocycles. The number of rotatable bonds is 3. The lowest BCUT2D eigenvalue weighted by Gasteiger charge is -2.43. The quantitative estimate of drug-likeness (QED) is 0.708. The van der Waals surface area contributed by atoms with E-state index in [1.807, 2.05) is 11.0 Å². The lowest BCUT2D eigenvalue weighted by molar-refractivity contribution is -0.120. The minimum atomic E-state index is -0.324. The Morgan fingerprint density at radius 2 is 1.63 bits per heavy atom. The van der Waals surface area contributed by atoms with Crippen LogP contribution < -0.4 is 9.80 Å². The Bertz CT molecular complexity index is 931. The molecule has 0 atom stereocenters. The predicted molar refractivity (Wildman–Crippen MR) is 129 cm³/mol. The van der Waals surface area contributed by atoms with Crippen molar-refractivity contribution in [3.8, 4) is 0 Å². The van der Waals surface area contributed by atoms with Gasteiger partial charge in [-0.3, -0.25) is 9.69 Å².